The molecule has 3 unspecified atom stereocenters. The number of halogens is 3. The molecule has 1 saturated carbocycles. The number of amides is 1. The molecule has 1 aliphatic carbocycles. The molecule has 0 aromatic rings. The molecule has 3 nitrogen and oxygen atoms in total. The van der Waals surface area contributed by atoms with Crippen LogP contribution < -0.4 is 0 Å². The Hall–Kier alpha value is -0.780. The van der Waals surface area contributed by atoms with Gasteiger partial charge in [-0.3, -0.25) is 4.79 Å². The van der Waals surface area contributed by atoms with E-state index in [0.717, 1.165) is 0 Å². The highest BCUT2D eigenvalue weighted by Gasteiger charge is 2.44. The Labute approximate surface area is 105 Å². The minimum absolute atomic E-state index is 0.118. The van der Waals surface area contributed by atoms with E-state index in [2.05, 4.69) is 0 Å². The van der Waals surface area contributed by atoms with Crippen LogP contribution in [0.4, 0.5) is 13.2 Å². The van der Waals surface area contributed by atoms with Gasteiger partial charge in [0.1, 0.15) is 0 Å². The summed E-state index contributed by atoms with van der Waals surface area (Å²) in [5.41, 5.74) is 0. The van der Waals surface area contributed by atoms with Crippen LogP contribution in [0.25, 0.3) is 0 Å². The molecule has 0 aliphatic heterocycles. The molecule has 0 bridgehead atoms. The number of aliphatic hydroxyl groups is 1. The van der Waals surface area contributed by atoms with E-state index in [1.807, 2.05) is 0 Å². The fraction of sp³-hybridized carbons (Fsp3) is 0.917. The van der Waals surface area contributed by atoms with Crippen LogP contribution in [0.2, 0.25) is 0 Å². The Morgan fingerprint density at radius 2 is 2.06 bits per heavy atom. The predicted octanol–water partition coefficient (Wildman–Crippen LogP) is 2.19. The minimum Gasteiger partial charge on any atom is -0.394 e. The van der Waals surface area contributed by atoms with Crippen molar-refractivity contribution < 1.29 is 23.1 Å². The Kier molecular flexibility index (Phi) is 5.01. The first kappa shape index (κ1) is 15.3. The molecule has 0 saturated heterocycles. The van der Waals surface area contributed by atoms with Crippen LogP contribution in [0.5, 0.6) is 0 Å². The van der Waals surface area contributed by atoms with Gasteiger partial charge in [-0.05, 0) is 26.2 Å². The summed E-state index contributed by atoms with van der Waals surface area (Å²) in [6, 6.07) is -0.358. The molecule has 18 heavy (non-hydrogen) atoms. The molecule has 1 amide bonds. The number of aliphatic hydroxyl groups excluding tert-OH is 1. The topological polar surface area (TPSA) is 40.5 Å². The first-order chi connectivity index (χ1) is 8.27. The smallest absolute Gasteiger partial charge is 0.391 e. The van der Waals surface area contributed by atoms with Gasteiger partial charge in [-0.15, -0.1) is 0 Å². The van der Waals surface area contributed by atoms with Crippen LogP contribution >= 0.6 is 0 Å². The van der Waals surface area contributed by atoms with Gasteiger partial charge in [0.05, 0.1) is 18.6 Å². The highest BCUT2D eigenvalue weighted by Crippen LogP contribution is 2.40. The minimum atomic E-state index is -4.21. The van der Waals surface area contributed by atoms with Gasteiger partial charge in [0, 0.05) is 13.0 Å². The van der Waals surface area contributed by atoms with Crippen molar-refractivity contribution in [2.45, 2.75) is 44.8 Å². The third-order valence-corrected chi connectivity index (χ3v) is 3.76. The highest BCUT2D eigenvalue weighted by atomic mass is 19.4. The maximum atomic E-state index is 12.6. The number of carbonyl (C=O) groups excluding carboxylic acids is 1. The summed E-state index contributed by atoms with van der Waals surface area (Å²) in [4.78, 5) is 13.4. The summed E-state index contributed by atoms with van der Waals surface area (Å²) in [6.45, 7) is 1.49. The van der Waals surface area contributed by atoms with Crippen molar-refractivity contribution >= 4 is 5.91 Å². The molecule has 0 radical (unpaired) electrons. The lowest BCUT2D eigenvalue weighted by Gasteiger charge is -2.33. The van der Waals surface area contributed by atoms with Crippen molar-refractivity contribution in [2.75, 3.05) is 13.7 Å². The zero-order valence-electron chi connectivity index (χ0n) is 10.7. The van der Waals surface area contributed by atoms with E-state index < -0.39 is 18.0 Å². The summed E-state index contributed by atoms with van der Waals surface area (Å²) < 4.78 is 37.9. The number of likely N-dealkylation sites (N-methyl/N-ethyl adjacent to an activating group) is 1. The zero-order chi connectivity index (χ0) is 13.9. The molecule has 1 N–H and O–H groups in total. The molecule has 0 aromatic carbocycles. The van der Waals surface area contributed by atoms with E-state index in [1.54, 1.807) is 6.92 Å². The van der Waals surface area contributed by atoms with Gasteiger partial charge in [-0.25, -0.2) is 0 Å². The van der Waals surface area contributed by atoms with Crippen LogP contribution in [0, 0.1) is 11.8 Å². The number of alkyl halides is 3. The zero-order valence-corrected chi connectivity index (χ0v) is 10.7. The maximum absolute atomic E-state index is 12.6. The number of rotatable bonds is 3. The summed E-state index contributed by atoms with van der Waals surface area (Å²) >= 11 is 0. The lowest BCUT2D eigenvalue weighted by atomic mass is 9.80. The van der Waals surface area contributed by atoms with Crippen molar-refractivity contribution in [3.63, 3.8) is 0 Å². The molecule has 1 aliphatic rings. The van der Waals surface area contributed by atoms with Crippen LogP contribution in [-0.2, 0) is 4.79 Å². The normalized spacial score (nSPS) is 26.8. The SMILES string of the molecule is CC(CO)N(C)C(=O)C1CCCC(C(F)(F)F)C1. The molecular formula is C12H20F3NO2. The molecule has 0 aromatic heterocycles. The second-order valence-electron chi connectivity index (χ2n) is 5.08. The van der Waals surface area contributed by atoms with E-state index in [9.17, 15) is 18.0 Å². The maximum Gasteiger partial charge on any atom is 0.391 e. The number of carbonyl (C=O) groups is 1. The molecule has 0 heterocycles. The average molecular weight is 267 g/mol. The monoisotopic (exact) mass is 267 g/mol. The number of hydrogen-bond donors (Lipinski definition) is 1. The van der Waals surface area contributed by atoms with Crippen molar-refractivity contribution in [3.05, 3.63) is 0 Å². The van der Waals surface area contributed by atoms with Gasteiger partial charge < -0.3 is 10.0 Å². The summed E-state index contributed by atoms with van der Waals surface area (Å²) in [5.74, 6) is -2.21. The molecule has 3 atom stereocenters. The molecular weight excluding hydrogens is 247 g/mol. The third kappa shape index (κ3) is 3.60. The lowest BCUT2D eigenvalue weighted by Crippen LogP contribution is -2.43. The van der Waals surface area contributed by atoms with Crippen molar-refractivity contribution in [1.82, 2.24) is 4.90 Å². The van der Waals surface area contributed by atoms with E-state index in [-0.39, 0.29) is 31.4 Å². The molecule has 106 valence electrons. The predicted molar refractivity (Wildman–Crippen MR) is 60.8 cm³/mol. The first-order valence-corrected chi connectivity index (χ1v) is 6.21. The lowest BCUT2D eigenvalue weighted by molar-refractivity contribution is -0.187. The molecule has 6 heteroatoms. The van der Waals surface area contributed by atoms with Gasteiger partial charge >= 0.3 is 6.18 Å². The quantitative estimate of drug-likeness (QED) is 0.851. The first-order valence-electron chi connectivity index (χ1n) is 6.21. The van der Waals surface area contributed by atoms with E-state index in [1.165, 1.54) is 11.9 Å². The fourth-order valence-electron chi connectivity index (χ4n) is 2.34. The number of hydrogen-bond acceptors (Lipinski definition) is 2. The number of nitrogens with zero attached hydrogens (tertiary/aromatic N) is 1. The average Bonchev–Trinajstić information content (AvgIpc) is 2.35. The second kappa shape index (κ2) is 5.91. The van der Waals surface area contributed by atoms with Crippen LogP contribution in [0.3, 0.4) is 0 Å². The van der Waals surface area contributed by atoms with E-state index in [4.69, 9.17) is 5.11 Å². The molecule has 0 spiro atoms. The molecule has 1 rings (SSSR count). The molecule has 1 fully saturated rings. The highest BCUT2D eigenvalue weighted by molar-refractivity contribution is 5.79. The van der Waals surface area contributed by atoms with E-state index >= 15 is 0 Å². The summed E-state index contributed by atoms with van der Waals surface area (Å²) in [7, 11) is 1.53. The largest absolute Gasteiger partial charge is 0.394 e. The van der Waals surface area contributed by atoms with Crippen molar-refractivity contribution in [1.29, 1.82) is 0 Å². The Morgan fingerprint density at radius 1 is 1.44 bits per heavy atom. The van der Waals surface area contributed by atoms with Gasteiger partial charge in [0.2, 0.25) is 5.91 Å². The van der Waals surface area contributed by atoms with Crippen molar-refractivity contribution in [2.24, 2.45) is 11.8 Å². The van der Waals surface area contributed by atoms with Crippen LogP contribution in [0.15, 0.2) is 0 Å². The fourth-order valence-corrected chi connectivity index (χ4v) is 2.34. The summed E-state index contributed by atoms with van der Waals surface area (Å²) in [6.07, 6.45) is -3.27. The summed E-state index contributed by atoms with van der Waals surface area (Å²) in [5, 5.41) is 8.96. The van der Waals surface area contributed by atoms with E-state index in [0.29, 0.717) is 12.8 Å². The van der Waals surface area contributed by atoms with Gasteiger partial charge in [0.15, 0.2) is 0 Å². The Balaban J connectivity index is 2.64. The second-order valence-corrected chi connectivity index (χ2v) is 5.08. The van der Waals surface area contributed by atoms with Crippen LogP contribution in [-0.4, -0.2) is 41.8 Å². The third-order valence-electron chi connectivity index (χ3n) is 3.76. The van der Waals surface area contributed by atoms with Crippen molar-refractivity contribution in [3.8, 4) is 0 Å². The van der Waals surface area contributed by atoms with Gasteiger partial charge in [0.25, 0.3) is 0 Å². The van der Waals surface area contributed by atoms with Gasteiger partial charge in [-0.1, -0.05) is 6.42 Å². The Morgan fingerprint density at radius 3 is 2.56 bits per heavy atom. The van der Waals surface area contributed by atoms with Gasteiger partial charge in [-0.2, -0.15) is 13.2 Å². The Bertz CT molecular complexity index is 294. The van der Waals surface area contributed by atoms with Crippen LogP contribution in [0.1, 0.15) is 32.6 Å². The standard InChI is InChI=1S/C12H20F3NO2/c1-8(7-17)16(2)11(18)9-4-3-5-10(6-9)12(13,14)15/h8-10,17H,3-7H2,1-2H3.